The fraction of sp³-hybridized carbons (Fsp3) is 0.385. The molecule has 6 heteroatoms. The van der Waals surface area contributed by atoms with Crippen molar-refractivity contribution < 1.29 is 13.8 Å². The Hall–Kier alpha value is -1.56. The Kier molecular flexibility index (Phi) is 2.97. The second-order valence-electron chi connectivity index (χ2n) is 5.05. The third-order valence-corrected chi connectivity index (χ3v) is 3.84. The Balaban J connectivity index is 1.75. The first kappa shape index (κ1) is 12.5. The van der Waals surface area contributed by atoms with Gasteiger partial charge in [-0.1, -0.05) is 16.4 Å². The summed E-state index contributed by atoms with van der Waals surface area (Å²) >= 11 is 1.54. The maximum Gasteiger partial charge on any atom is 0.202 e. The SMILES string of the molecule is CC1(C)CC(SCc2noc3c(F)cccc23)=NO1. The molecule has 1 aromatic heterocycles. The third-order valence-electron chi connectivity index (χ3n) is 2.87. The Morgan fingerprint density at radius 3 is 3.00 bits per heavy atom. The second-order valence-corrected chi connectivity index (χ2v) is 6.10. The minimum Gasteiger partial charge on any atom is -0.389 e. The van der Waals surface area contributed by atoms with Gasteiger partial charge in [-0.15, -0.1) is 11.8 Å². The van der Waals surface area contributed by atoms with Crippen molar-refractivity contribution >= 4 is 27.8 Å². The zero-order valence-electron chi connectivity index (χ0n) is 10.6. The molecule has 0 radical (unpaired) electrons. The van der Waals surface area contributed by atoms with Gasteiger partial charge in [-0.3, -0.25) is 0 Å². The van der Waals surface area contributed by atoms with Crippen molar-refractivity contribution in [2.45, 2.75) is 31.6 Å². The molecule has 2 heterocycles. The fourth-order valence-electron chi connectivity index (χ4n) is 1.92. The van der Waals surface area contributed by atoms with E-state index in [1.54, 1.807) is 17.8 Å². The van der Waals surface area contributed by atoms with Gasteiger partial charge < -0.3 is 9.36 Å². The second kappa shape index (κ2) is 4.52. The lowest BCUT2D eigenvalue weighted by atomic mass is 10.1. The monoisotopic (exact) mass is 280 g/mol. The first-order valence-corrected chi connectivity index (χ1v) is 6.94. The van der Waals surface area contributed by atoms with Gasteiger partial charge in [0.25, 0.3) is 0 Å². The molecule has 0 saturated heterocycles. The maximum absolute atomic E-state index is 13.5. The smallest absolute Gasteiger partial charge is 0.202 e. The molecule has 0 saturated carbocycles. The van der Waals surface area contributed by atoms with Gasteiger partial charge in [-0.2, -0.15) is 0 Å². The number of fused-ring (bicyclic) bond motifs is 1. The molecule has 0 unspecified atom stereocenters. The standard InChI is InChI=1S/C13H13FN2O2S/c1-13(2)6-11(16-18-13)19-7-10-8-4-3-5-9(14)12(8)17-15-10/h3-5H,6-7H2,1-2H3. The molecule has 19 heavy (non-hydrogen) atoms. The highest BCUT2D eigenvalue weighted by molar-refractivity contribution is 8.13. The van der Waals surface area contributed by atoms with Gasteiger partial charge in [0, 0.05) is 17.6 Å². The van der Waals surface area contributed by atoms with Crippen LogP contribution in [0.4, 0.5) is 4.39 Å². The quantitative estimate of drug-likeness (QED) is 0.841. The number of benzene rings is 1. The van der Waals surface area contributed by atoms with Crippen LogP contribution in [-0.4, -0.2) is 15.8 Å². The lowest BCUT2D eigenvalue weighted by Crippen LogP contribution is -2.18. The van der Waals surface area contributed by atoms with Crippen LogP contribution in [-0.2, 0) is 10.6 Å². The molecule has 0 bridgehead atoms. The molecule has 1 aliphatic heterocycles. The minimum atomic E-state index is -0.385. The van der Waals surface area contributed by atoms with E-state index < -0.39 is 0 Å². The molecule has 1 aliphatic rings. The molecule has 2 aromatic rings. The van der Waals surface area contributed by atoms with E-state index in [0.29, 0.717) is 11.1 Å². The summed E-state index contributed by atoms with van der Waals surface area (Å²) in [5, 5.41) is 9.60. The van der Waals surface area contributed by atoms with E-state index in [2.05, 4.69) is 10.3 Å². The van der Waals surface area contributed by atoms with E-state index in [-0.39, 0.29) is 17.0 Å². The number of hydrogen-bond donors (Lipinski definition) is 0. The number of aromatic nitrogens is 1. The highest BCUT2D eigenvalue weighted by Gasteiger charge is 2.29. The summed E-state index contributed by atoms with van der Waals surface area (Å²) in [5.41, 5.74) is 0.704. The van der Waals surface area contributed by atoms with E-state index in [1.807, 2.05) is 19.9 Å². The summed E-state index contributed by atoms with van der Waals surface area (Å²) in [5.74, 6) is 0.207. The van der Waals surface area contributed by atoms with Crippen LogP contribution in [0.15, 0.2) is 27.9 Å². The van der Waals surface area contributed by atoms with E-state index in [1.165, 1.54) is 6.07 Å². The largest absolute Gasteiger partial charge is 0.389 e. The number of nitrogens with zero attached hydrogens (tertiary/aromatic N) is 2. The van der Waals surface area contributed by atoms with Gasteiger partial charge in [0.05, 0.1) is 0 Å². The van der Waals surface area contributed by atoms with Crippen LogP contribution in [0.2, 0.25) is 0 Å². The number of rotatable bonds is 2. The molecule has 0 N–H and O–H groups in total. The van der Waals surface area contributed by atoms with Crippen molar-refractivity contribution in [1.29, 1.82) is 0 Å². The Morgan fingerprint density at radius 2 is 2.26 bits per heavy atom. The summed E-state index contributed by atoms with van der Waals surface area (Å²) in [7, 11) is 0. The molecular formula is C13H13FN2O2S. The lowest BCUT2D eigenvalue weighted by Gasteiger charge is -2.12. The average Bonchev–Trinajstić information content (AvgIpc) is 2.91. The van der Waals surface area contributed by atoms with E-state index in [9.17, 15) is 4.39 Å². The molecular weight excluding hydrogens is 267 g/mol. The zero-order chi connectivity index (χ0) is 13.5. The van der Waals surface area contributed by atoms with Crippen LogP contribution >= 0.6 is 11.8 Å². The molecule has 0 fully saturated rings. The van der Waals surface area contributed by atoms with Crippen LogP contribution in [0.3, 0.4) is 0 Å². The van der Waals surface area contributed by atoms with Crippen molar-refractivity contribution in [3.05, 3.63) is 29.7 Å². The van der Waals surface area contributed by atoms with E-state index in [4.69, 9.17) is 9.36 Å². The predicted octanol–water partition coefficient (Wildman–Crippen LogP) is 3.71. The normalized spacial score (nSPS) is 17.5. The van der Waals surface area contributed by atoms with Crippen molar-refractivity contribution in [3.8, 4) is 0 Å². The summed E-state index contributed by atoms with van der Waals surface area (Å²) in [6, 6.07) is 4.83. The minimum absolute atomic E-state index is 0.211. The number of halogens is 1. The number of hydrogen-bond acceptors (Lipinski definition) is 5. The summed E-state index contributed by atoms with van der Waals surface area (Å²) < 4.78 is 18.5. The highest BCUT2D eigenvalue weighted by atomic mass is 32.2. The summed E-state index contributed by atoms with van der Waals surface area (Å²) in [4.78, 5) is 5.29. The van der Waals surface area contributed by atoms with Crippen molar-refractivity contribution in [2.24, 2.45) is 5.16 Å². The van der Waals surface area contributed by atoms with Crippen LogP contribution in [0.5, 0.6) is 0 Å². The molecule has 3 rings (SSSR count). The Labute approximate surface area is 114 Å². The maximum atomic E-state index is 13.5. The van der Waals surface area contributed by atoms with Crippen LogP contribution in [0.25, 0.3) is 11.0 Å². The van der Waals surface area contributed by atoms with Crippen molar-refractivity contribution in [3.63, 3.8) is 0 Å². The van der Waals surface area contributed by atoms with Crippen molar-refractivity contribution in [1.82, 2.24) is 5.16 Å². The first-order valence-electron chi connectivity index (χ1n) is 5.96. The van der Waals surface area contributed by atoms with E-state index >= 15 is 0 Å². The summed E-state index contributed by atoms with van der Waals surface area (Å²) in [6.45, 7) is 3.98. The number of thioether (sulfide) groups is 1. The topological polar surface area (TPSA) is 47.6 Å². The molecule has 0 atom stereocenters. The Bertz CT molecular complexity index is 651. The van der Waals surface area contributed by atoms with Crippen LogP contribution in [0, 0.1) is 5.82 Å². The molecule has 0 aliphatic carbocycles. The van der Waals surface area contributed by atoms with Gasteiger partial charge in [0.15, 0.2) is 5.82 Å². The average molecular weight is 280 g/mol. The lowest BCUT2D eigenvalue weighted by molar-refractivity contribution is 0.0123. The zero-order valence-corrected chi connectivity index (χ0v) is 11.5. The highest BCUT2D eigenvalue weighted by Crippen LogP contribution is 2.30. The van der Waals surface area contributed by atoms with Gasteiger partial charge >= 0.3 is 0 Å². The molecule has 0 spiro atoms. The number of para-hydroxylation sites is 1. The van der Waals surface area contributed by atoms with Gasteiger partial charge in [-0.05, 0) is 26.0 Å². The molecule has 100 valence electrons. The van der Waals surface area contributed by atoms with Crippen molar-refractivity contribution in [2.75, 3.05) is 0 Å². The van der Waals surface area contributed by atoms with Gasteiger partial charge in [0.2, 0.25) is 5.58 Å². The summed E-state index contributed by atoms with van der Waals surface area (Å²) in [6.07, 6.45) is 0.780. The third kappa shape index (κ3) is 2.45. The molecule has 0 amide bonds. The fourth-order valence-corrected chi connectivity index (χ4v) is 2.97. The van der Waals surface area contributed by atoms with E-state index in [0.717, 1.165) is 17.2 Å². The molecule has 1 aromatic carbocycles. The Morgan fingerprint density at radius 1 is 1.42 bits per heavy atom. The first-order chi connectivity index (χ1) is 9.05. The number of oxime groups is 1. The van der Waals surface area contributed by atoms with Crippen LogP contribution < -0.4 is 0 Å². The predicted molar refractivity (Wildman–Crippen MR) is 72.5 cm³/mol. The van der Waals surface area contributed by atoms with Crippen LogP contribution in [0.1, 0.15) is 26.0 Å². The van der Waals surface area contributed by atoms with Gasteiger partial charge in [-0.25, -0.2) is 4.39 Å². The molecule has 4 nitrogen and oxygen atoms in total. The van der Waals surface area contributed by atoms with Gasteiger partial charge in [0.1, 0.15) is 16.3 Å².